The van der Waals surface area contributed by atoms with E-state index in [-0.39, 0.29) is 4.90 Å². The van der Waals surface area contributed by atoms with Gasteiger partial charge in [0.05, 0.1) is 16.8 Å². The molecule has 0 spiro atoms. The fourth-order valence-electron chi connectivity index (χ4n) is 2.18. The van der Waals surface area contributed by atoms with Crippen molar-refractivity contribution in [1.29, 1.82) is 0 Å². The first-order chi connectivity index (χ1) is 12.0. The van der Waals surface area contributed by atoms with Gasteiger partial charge in [0.2, 0.25) is 0 Å². The average molecular weight is 374 g/mol. The highest BCUT2D eigenvalue weighted by Gasteiger charge is 2.14. The molecule has 3 rings (SSSR count). The smallest absolute Gasteiger partial charge is 0.261 e. The summed E-state index contributed by atoms with van der Waals surface area (Å²) in [4.78, 5) is 4.37. The zero-order valence-electron chi connectivity index (χ0n) is 13.2. The number of sulfonamides is 1. The lowest BCUT2D eigenvalue weighted by Gasteiger charge is -2.09. The molecule has 7 heteroatoms. The third-order valence-electron chi connectivity index (χ3n) is 3.46. The van der Waals surface area contributed by atoms with Gasteiger partial charge in [-0.05, 0) is 42.0 Å². The molecule has 0 bridgehead atoms. The molecule has 0 amide bonds. The molecule has 0 aliphatic carbocycles. The van der Waals surface area contributed by atoms with E-state index in [1.54, 1.807) is 12.1 Å². The van der Waals surface area contributed by atoms with Gasteiger partial charge in [0, 0.05) is 11.6 Å². The van der Waals surface area contributed by atoms with Crippen LogP contribution in [-0.2, 0) is 16.6 Å². The first-order valence-electron chi connectivity index (χ1n) is 7.55. The van der Waals surface area contributed by atoms with Gasteiger partial charge in [-0.15, -0.1) is 0 Å². The van der Waals surface area contributed by atoms with Crippen molar-refractivity contribution in [1.82, 2.24) is 4.98 Å². The SMILES string of the molecule is O=S(=O)(Nc1ccc(NCc2ccccc2)nc1)c1ccc(Cl)cc1. The minimum atomic E-state index is -3.67. The van der Waals surface area contributed by atoms with E-state index in [2.05, 4.69) is 15.0 Å². The van der Waals surface area contributed by atoms with Crippen LogP contribution in [0.15, 0.2) is 77.8 Å². The molecule has 0 aliphatic rings. The number of nitrogens with zero attached hydrogens (tertiary/aromatic N) is 1. The van der Waals surface area contributed by atoms with Crippen molar-refractivity contribution in [2.24, 2.45) is 0 Å². The van der Waals surface area contributed by atoms with Gasteiger partial charge in [-0.25, -0.2) is 13.4 Å². The highest BCUT2D eigenvalue weighted by molar-refractivity contribution is 7.92. The Labute approximate surface area is 151 Å². The molecule has 0 atom stereocenters. The van der Waals surface area contributed by atoms with Crippen LogP contribution >= 0.6 is 11.6 Å². The topological polar surface area (TPSA) is 71.1 Å². The van der Waals surface area contributed by atoms with Crippen molar-refractivity contribution in [3.8, 4) is 0 Å². The number of hydrogen-bond donors (Lipinski definition) is 2. The molecule has 2 N–H and O–H groups in total. The Kier molecular flexibility index (Phi) is 5.21. The maximum Gasteiger partial charge on any atom is 0.261 e. The molecular formula is C18H16ClN3O2S. The van der Waals surface area contributed by atoms with Crippen LogP contribution < -0.4 is 10.0 Å². The molecule has 0 fully saturated rings. The van der Waals surface area contributed by atoms with Gasteiger partial charge in [0.25, 0.3) is 10.0 Å². The van der Waals surface area contributed by atoms with Crippen molar-refractivity contribution < 1.29 is 8.42 Å². The van der Waals surface area contributed by atoms with Gasteiger partial charge >= 0.3 is 0 Å². The van der Waals surface area contributed by atoms with Crippen molar-refractivity contribution in [3.63, 3.8) is 0 Å². The van der Waals surface area contributed by atoms with Crippen molar-refractivity contribution in [2.75, 3.05) is 10.0 Å². The second-order valence-corrected chi connectivity index (χ2v) is 7.45. The maximum atomic E-state index is 12.3. The number of halogens is 1. The zero-order chi connectivity index (χ0) is 17.7. The van der Waals surface area contributed by atoms with E-state index in [0.29, 0.717) is 23.1 Å². The lowest BCUT2D eigenvalue weighted by Crippen LogP contribution is -2.13. The Morgan fingerprint density at radius 1 is 0.920 bits per heavy atom. The van der Waals surface area contributed by atoms with E-state index >= 15 is 0 Å². The summed E-state index contributed by atoms with van der Waals surface area (Å²) in [6.07, 6.45) is 1.47. The fraction of sp³-hybridized carbons (Fsp3) is 0.0556. The fourth-order valence-corrected chi connectivity index (χ4v) is 3.34. The quantitative estimate of drug-likeness (QED) is 0.681. The molecular weight excluding hydrogens is 358 g/mol. The van der Waals surface area contributed by atoms with Crippen molar-refractivity contribution in [3.05, 3.63) is 83.5 Å². The van der Waals surface area contributed by atoms with Gasteiger partial charge in [0.15, 0.2) is 0 Å². The first kappa shape index (κ1) is 17.3. The molecule has 25 heavy (non-hydrogen) atoms. The van der Waals surface area contributed by atoms with Crippen molar-refractivity contribution >= 4 is 33.1 Å². The predicted molar refractivity (Wildman–Crippen MR) is 100 cm³/mol. The molecule has 0 aliphatic heterocycles. The van der Waals surface area contributed by atoms with E-state index in [1.165, 1.54) is 30.5 Å². The number of rotatable bonds is 6. The first-order valence-corrected chi connectivity index (χ1v) is 9.41. The molecule has 2 aromatic carbocycles. The summed E-state index contributed by atoms with van der Waals surface area (Å²) in [5, 5.41) is 3.67. The zero-order valence-corrected chi connectivity index (χ0v) is 14.8. The maximum absolute atomic E-state index is 12.3. The van der Waals surface area contributed by atoms with Gasteiger partial charge in [-0.3, -0.25) is 4.72 Å². The van der Waals surface area contributed by atoms with E-state index in [1.807, 2.05) is 30.3 Å². The van der Waals surface area contributed by atoms with Crippen LogP contribution in [0.3, 0.4) is 0 Å². The van der Waals surface area contributed by atoms with Crippen LogP contribution in [0.5, 0.6) is 0 Å². The summed E-state index contributed by atoms with van der Waals surface area (Å²) >= 11 is 5.78. The molecule has 0 unspecified atom stereocenters. The summed E-state index contributed by atoms with van der Waals surface area (Å²) < 4.78 is 27.1. The van der Waals surface area contributed by atoms with E-state index in [0.717, 1.165) is 5.56 Å². The van der Waals surface area contributed by atoms with E-state index in [9.17, 15) is 8.42 Å². The molecule has 1 aromatic heterocycles. The third kappa shape index (κ3) is 4.71. The second kappa shape index (κ2) is 7.55. The molecule has 3 aromatic rings. The van der Waals surface area contributed by atoms with Crippen LogP contribution in [0.1, 0.15) is 5.56 Å². The molecule has 0 saturated carbocycles. The summed E-state index contributed by atoms with van der Waals surface area (Å²) in [5.74, 6) is 0.665. The van der Waals surface area contributed by atoms with E-state index in [4.69, 9.17) is 11.6 Å². The minimum Gasteiger partial charge on any atom is -0.366 e. The van der Waals surface area contributed by atoms with Crippen LogP contribution in [0.25, 0.3) is 0 Å². The lowest BCUT2D eigenvalue weighted by atomic mass is 10.2. The second-order valence-electron chi connectivity index (χ2n) is 5.33. The summed E-state index contributed by atoms with van der Waals surface area (Å²) in [5.41, 5.74) is 1.53. The van der Waals surface area contributed by atoms with E-state index < -0.39 is 10.0 Å². The molecule has 5 nitrogen and oxygen atoms in total. The Morgan fingerprint density at radius 3 is 2.28 bits per heavy atom. The highest BCUT2D eigenvalue weighted by Crippen LogP contribution is 2.18. The lowest BCUT2D eigenvalue weighted by molar-refractivity contribution is 0.601. The Hall–Kier alpha value is -2.57. The minimum absolute atomic E-state index is 0.142. The Balaban J connectivity index is 1.65. The molecule has 0 radical (unpaired) electrons. The van der Waals surface area contributed by atoms with Crippen LogP contribution in [0, 0.1) is 0 Å². The monoisotopic (exact) mass is 373 g/mol. The molecule has 0 saturated heterocycles. The highest BCUT2D eigenvalue weighted by atomic mass is 35.5. The number of anilines is 2. The summed E-state index contributed by atoms with van der Waals surface area (Å²) in [7, 11) is -3.67. The standard InChI is InChI=1S/C18H16ClN3O2S/c19-15-6-9-17(10-7-15)25(23,24)22-16-8-11-18(21-13-16)20-12-14-4-2-1-3-5-14/h1-11,13,22H,12H2,(H,20,21). The van der Waals surface area contributed by atoms with Crippen molar-refractivity contribution in [2.45, 2.75) is 11.4 Å². The molecule has 1 heterocycles. The molecule has 128 valence electrons. The normalized spacial score (nSPS) is 11.1. The van der Waals surface area contributed by atoms with Crippen LogP contribution in [0.4, 0.5) is 11.5 Å². The van der Waals surface area contributed by atoms with Crippen LogP contribution in [0.2, 0.25) is 5.02 Å². The largest absolute Gasteiger partial charge is 0.366 e. The van der Waals surface area contributed by atoms with Gasteiger partial charge in [-0.2, -0.15) is 0 Å². The number of nitrogens with one attached hydrogen (secondary N) is 2. The number of hydrogen-bond acceptors (Lipinski definition) is 4. The van der Waals surface area contributed by atoms with Crippen LogP contribution in [-0.4, -0.2) is 13.4 Å². The number of pyridine rings is 1. The van der Waals surface area contributed by atoms with Gasteiger partial charge in [0.1, 0.15) is 5.82 Å². The van der Waals surface area contributed by atoms with Gasteiger partial charge < -0.3 is 5.32 Å². The Morgan fingerprint density at radius 2 is 1.64 bits per heavy atom. The Bertz CT molecular complexity index is 928. The average Bonchev–Trinajstić information content (AvgIpc) is 2.62. The van der Waals surface area contributed by atoms with Gasteiger partial charge in [-0.1, -0.05) is 41.9 Å². The predicted octanol–water partition coefficient (Wildman–Crippen LogP) is 4.15. The third-order valence-corrected chi connectivity index (χ3v) is 5.11. The summed E-state index contributed by atoms with van der Waals surface area (Å²) in [6.45, 7) is 0.643. The number of benzene rings is 2. The summed E-state index contributed by atoms with van der Waals surface area (Å²) in [6, 6.07) is 19.3. The number of aromatic nitrogens is 1.